The Morgan fingerprint density at radius 3 is 2.75 bits per heavy atom. The Morgan fingerprint density at radius 1 is 1.56 bits per heavy atom. The molecule has 0 atom stereocenters. The second-order valence-electron chi connectivity index (χ2n) is 4.21. The van der Waals surface area contributed by atoms with Crippen molar-refractivity contribution in [1.82, 2.24) is 10.9 Å². The molecule has 2 N–H and O–H groups in total. The van der Waals surface area contributed by atoms with Gasteiger partial charge in [0, 0.05) is 21.3 Å². The molecule has 1 aromatic rings. The Balaban J connectivity index is 2.23. The summed E-state index contributed by atoms with van der Waals surface area (Å²) in [6.45, 7) is 6.05. The molecule has 0 saturated carbocycles. The van der Waals surface area contributed by atoms with Crippen LogP contribution < -0.4 is 10.9 Å². The van der Waals surface area contributed by atoms with E-state index in [1.807, 2.05) is 32.2 Å². The number of ether oxygens (including phenoxy) is 1. The Labute approximate surface area is 107 Å². The average molecular weight is 307 g/mol. The molecule has 0 aliphatic carbocycles. The highest BCUT2D eigenvalue weighted by Crippen LogP contribution is 2.19. The molecule has 1 aromatic heterocycles. The zero-order valence-electron chi connectivity index (χ0n) is 9.46. The van der Waals surface area contributed by atoms with Crippen LogP contribution in [0, 0.1) is 0 Å². The molecule has 0 bridgehead atoms. The number of halogens is 1. The van der Waals surface area contributed by atoms with E-state index in [0.717, 1.165) is 9.35 Å². The summed E-state index contributed by atoms with van der Waals surface area (Å²) in [5.74, 6) is 0. The lowest BCUT2D eigenvalue weighted by Gasteiger charge is -2.19. The number of carbonyl (C=O) groups excluding carboxylic acids is 1. The molecule has 0 saturated heterocycles. The van der Waals surface area contributed by atoms with Crippen LogP contribution in [0.5, 0.6) is 0 Å². The molecule has 0 aliphatic heterocycles. The van der Waals surface area contributed by atoms with E-state index in [1.54, 1.807) is 11.3 Å². The van der Waals surface area contributed by atoms with E-state index in [-0.39, 0.29) is 0 Å². The maximum atomic E-state index is 11.3. The highest BCUT2D eigenvalue weighted by atomic mass is 79.9. The van der Waals surface area contributed by atoms with Gasteiger partial charge in [0.15, 0.2) is 0 Å². The fourth-order valence-electron chi connectivity index (χ4n) is 0.954. The number of nitrogens with one attached hydrogen (secondary N) is 2. The molecule has 0 spiro atoms. The van der Waals surface area contributed by atoms with Crippen LogP contribution >= 0.6 is 27.3 Å². The molecule has 16 heavy (non-hydrogen) atoms. The van der Waals surface area contributed by atoms with Gasteiger partial charge in [-0.25, -0.2) is 10.2 Å². The van der Waals surface area contributed by atoms with Crippen molar-refractivity contribution in [2.75, 3.05) is 0 Å². The summed E-state index contributed by atoms with van der Waals surface area (Å²) >= 11 is 4.98. The highest BCUT2D eigenvalue weighted by molar-refractivity contribution is 9.10. The van der Waals surface area contributed by atoms with Crippen LogP contribution in [0.15, 0.2) is 15.9 Å². The predicted molar refractivity (Wildman–Crippen MR) is 68.2 cm³/mol. The Kier molecular flexibility index (Phi) is 4.76. The molecule has 1 heterocycles. The first-order valence-corrected chi connectivity index (χ1v) is 6.49. The third-order valence-corrected chi connectivity index (χ3v) is 3.17. The van der Waals surface area contributed by atoms with Crippen LogP contribution in [0.25, 0.3) is 0 Å². The summed E-state index contributed by atoms with van der Waals surface area (Å²) in [7, 11) is 0. The molecule has 1 amide bonds. The van der Waals surface area contributed by atoms with Gasteiger partial charge >= 0.3 is 6.09 Å². The summed E-state index contributed by atoms with van der Waals surface area (Å²) in [6.07, 6.45) is -0.469. The van der Waals surface area contributed by atoms with Crippen molar-refractivity contribution in [1.29, 1.82) is 0 Å². The molecule has 0 radical (unpaired) electrons. The lowest BCUT2D eigenvalue weighted by molar-refractivity contribution is 0.0497. The lowest BCUT2D eigenvalue weighted by Crippen LogP contribution is -2.40. The molecule has 6 heteroatoms. The van der Waals surface area contributed by atoms with Crippen LogP contribution in [0.2, 0.25) is 0 Å². The van der Waals surface area contributed by atoms with Crippen LogP contribution in [0.3, 0.4) is 0 Å². The minimum Gasteiger partial charge on any atom is -0.443 e. The van der Waals surface area contributed by atoms with Crippen molar-refractivity contribution >= 4 is 33.4 Å². The summed E-state index contributed by atoms with van der Waals surface area (Å²) in [6, 6.07) is 1.99. The smallest absolute Gasteiger partial charge is 0.422 e. The molecule has 90 valence electrons. The topological polar surface area (TPSA) is 50.4 Å². The van der Waals surface area contributed by atoms with Gasteiger partial charge in [0.05, 0.1) is 0 Å². The van der Waals surface area contributed by atoms with E-state index in [0.29, 0.717) is 6.54 Å². The SMILES string of the molecule is CC(C)(C)OC(=O)NNCc1cc(Br)cs1. The molecular weight excluding hydrogens is 292 g/mol. The van der Waals surface area contributed by atoms with E-state index in [1.165, 1.54) is 0 Å². The van der Waals surface area contributed by atoms with Gasteiger partial charge in [-0.2, -0.15) is 0 Å². The second-order valence-corrected chi connectivity index (χ2v) is 6.12. The minimum absolute atomic E-state index is 0.469. The van der Waals surface area contributed by atoms with Gasteiger partial charge in [-0.15, -0.1) is 11.3 Å². The first-order chi connectivity index (χ1) is 7.37. The highest BCUT2D eigenvalue weighted by Gasteiger charge is 2.15. The van der Waals surface area contributed by atoms with Gasteiger partial charge in [-0.1, -0.05) is 0 Å². The molecule has 4 nitrogen and oxygen atoms in total. The maximum Gasteiger partial charge on any atom is 0.422 e. The van der Waals surface area contributed by atoms with Gasteiger partial charge in [0.1, 0.15) is 5.60 Å². The largest absolute Gasteiger partial charge is 0.443 e. The monoisotopic (exact) mass is 306 g/mol. The zero-order valence-corrected chi connectivity index (χ0v) is 11.9. The standard InChI is InChI=1S/C10H15BrN2O2S/c1-10(2,3)15-9(14)13-12-5-8-4-7(11)6-16-8/h4,6,12H,5H2,1-3H3,(H,13,14). The molecule has 0 unspecified atom stereocenters. The average Bonchev–Trinajstić information content (AvgIpc) is 2.48. The first kappa shape index (κ1) is 13.5. The van der Waals surface area contributed by atoms with Crippen molar-refractivity contribution in [3.8, 4) is 0 Å². The van der Waals surface area contributed by atoms with Crippen LogP contribution in [-0.2, 0) is 11.3 Å². The van der Waals surface area contributed by atoms with Crippen molar-refractivity contribution in [2.24, 2.45) is 0 Å². The summed E-state index contributed by atoms with van der Waals surface area (Å²) < 4.78 is 6.11. The number of amides is 1. The van der Waals surface area contributed by atoms with Crippen LogP contribution in [-0.4, -0.2) is 11.7 Å². The van der Waals surface area contributed by atoms with E-state index in [4.69, 9.17) is 4.74 Å². The van der Waals surface area contributed by atoms with Crippen molar-refractivity contribution in [3.05, 3.63) is 20.8 Å². The van der Waals surface area contributed by atoms with Crippen molar-refractivity contribution in [2.45, 2.75) is 32.9 Å². The second kappa shape index (κ2) is 5.65. The van der Waals surface area contributed by atoms with Gasteiger partial charge in [-0.05, 0) is 42.8 Å². The number of carbonyl (C=O) groups is 1. The Morgan fingerprint density at radius 2 is 2.25 bits per heavy atom. The number of hydrogen-bond donors (Lipinski definition) is 2. The third kappa shape index (κ3) is 5.48. The van der Waals surface area contributed by atoms with Crippen LogP contribution in [0.1, 0.15) is 25.6 Å². The van der Waals surface area contributed by atoms with E-state index in [9.17, 15) is 4.79 Å². The van der Waals surface area contributed by atoms with Gasteiger partial charge in [0.25, 0.3) is 0 Å². The zero-order chi connectivity index (χ0) is 12.2. The number of hydrogen-bond acceptors (Lipinski definition) is 4. The van der Waals surface area contributed by atoms with Gasteiger partial charge in [0.2, 0.25) is 0 Å². The van der Waals surface area contributed by atoms with Crippen molar-refractivity contribution < 1.29 is 9.53 Å². The Bertz CT molecular complexity index is 360. The third-order valence-electron chi connectivity index (χ3n) is 1.47. The molecular formula is C10H15BrN2O2S. The molecule has 0 fully saturated rings. The fraction of sp³-hybridized carbons (Fsp3) is 0.500. The quantitative estimate of drug-likeness (QED) is 0.844. The van der Waals surface area contributed by atoms with Gasteiger partial charge in [-0.3, -0.25) is 5.43 Å². The number of hydrazine groups is 1. The lowest BCUT2D eigenvalue weighted by atomic mass is 10.2. The van der Waals surface area contributed by atoms with Crippen molar-refractivity contribution in [3.63, 3.8) is 0 Å². The Hall–Kier alpha value is -0.590. The van der Waals surface area contributed by atoms with Gasteiger partial charge < -0.3 is 4.74 Å². The van der Waals surface area contributed by atoms with Crippen LogP contribution in [0.4, 0.5) is 4.79 Å². The fourth-order valence-corrected chi connectivity index (χ4v) is 2.34. The van der Waals surface area contributed by atoms with E-state index >= 15 is 0 Å². The number of thiophene rings is 1. The first-order valence-electron chi connectivity index (χ1n) is 4.81. The molecule has 0 aliphatic rings. The normalized spacial score (nSPS) is 11.2. The summed E-state index contributed by atoms with van der Waals surface area (Å²) in [4.78, 5) is 12.4. The molecule has 1 rings (SSSR count). The summed E-state index contributed by atoms with van der Waals surface area (Å²) in [5, 5.41) is 1.99. The summed E-state index contributed by atoms with van der Waals surface area (Å²) in [5.41, 5.74) is 4.81. The minimum atomic E-state index is -0.474. The van der Waals surface area contributed by atoms with E-state index in [2.05, 4.69) is 26.8 Å². The predicted octanol–water partition coefficient (Wildman–Crippen LogP) is 3.04. The molecule has 0 aromatic carbocycles. The number of rotatable bonds is 3. The maximum absolute atomic E-state index is 11.3. The van der Waals surface area contributed by atoms with E-state index < -0.39 is 11.7 Å².